The predicted octanol–water partition coefficient (Wildman–Crippen LogP) is 1.51. The summed E-state index contributed by atoms with van der Waals surface area (Å²) in [7, 11) is 0. The first-order valence-electron chi connectivity index (χ1n) is 4.64. The van der Waals surface area contributed by atoms with Crippen LogP contribution in [0.4, 0.5) is 0 Å². The van der Waals surface area contributed by atoms with Gasteiger partial charge in [0.05, 0.1) is 5.92 Å². The number of carboxylic acid groups (broad SMARTS) is 1. The fourth-order valence-corrected chi connectivity index (χ4v) is 1.40. The summed E-state index contributed by atoms with van der Waals surface area (Å²) in [5, 5.41) is 8.97. The fraction of sp³-hybridized carbons (Fsp3) is 0.364. The minimum Gasteiger partial charge on any atom is -0.481 e. The third kappa shape index (κ3) is 2.57. The highest BCUT2D eigenvalue weighted by atomic mass is 16.4. The van der Waals surface area contributed by atoms with Crippen molar-refractivity contribution in [3.63, 3.8) is 0 Å². The van der Waals surface area contributed by atoms with Crippen LogP contribution in [0.15, 0.2) is 24.3 Å². The Bertz CT molecular complexity index is 306. The van der Waals surface area contributed by atoms with E-state index in [2.05, 4.69) is 0 Å². The molecule has 0 saturated heterocycles. The van der Waals surface area contributed by atoms with Gasteiger partial charge in [-0.05, 0) is 25.5 Å². The van der Waals surface area contributed by atoms with Gasteiger partial charge in [0.15, 0.2) is 0 Å². The molecule has 1 aromatic carbocycles. The molecule has 14 heavy (non-hydrogen) atoms. The summed E-state index contributed by atoms with van der Waals surface area (Å²) < 4.78 is 0. The van der Waals surface area contributed by atoms with E-state index in [0.29, 0.717) is 13.0 Å². The standard InChI is InChI=1S/C11H15NO2/c1-8-2-4-9(5-3-8)10(6-7-12)11(13)14/h2-5,10H,6-7,12H2,1H3,(H,13,14). The van der Waals surface area contributed by atoms with Gasteiger partial charge in [0.2, 0.25) is 0 Å². The van der Waals surface area contributed by atoms with Crippen LogP contribution in [-0.2, 0) is 4.79 Å². The lowest BCUT2D eigenvalue weighted by Crippen LogP contribution is -2.16. The number of rotatable bonds is 4. The smallest absolute Gasteiger partial charge is 0.311 e. The van der Waals surface area contributed by atoms with E-state index in [9.17, 15) is 4.79 Å². The lowest BCUT2D eigenvalue weighted by Gasteiger charge is -2.11. The summed E-state index contributed by atoms with van der Waals surface area (Å²) in [6.45, 7) is 2.37. The zero-order valence-electron chi connectivity index (χ0n) is 8.23. The Balaban J connectivity index is 2.87. The molecular weight excluding hydrogens is 178 g/mol. The van der Waals surface area contributed by atoms with Crippen molar-refractivity contribution in [2.24, 2.45) is 5.73 Å². The molecule has 3 N–H and O–H groups in total. The molecule has 1 unspecified atom stereocenters. The molecule has 1 rings (SSSR count). The van der Waals surface area contributed by atoms with Crippen molar-refractivity contribution in [2.75, 3.05) is 6.54 Å². The van der Waals surface area contributed by atoms with Gasteiger partial charge >= 0.3 is 5.97 Å². The van der Waals surface area contributed by atoms with E-state index in [1.165, 1.54) is 0 Å². The van der Waals surface area contributed by atoms with Gasteiger partial charge < -0.3 is 10.8 Å². The number of aryl methyl sites for hydroxylation is 1. The van der Waals surface area contributed by atoms with Crippen LogP contribution in [0.25, 0.3) is 0 Å². The first-order chi connectivity index (χ1) is 6.65. The van der Waals surface area contributed by atoms with Crippen molar-refractivity contribution in [3.05, 3.63) is 35.4 Å². The SMILES string of the molecule is Cc1ccc(C(CCN)C(=O)O)cc1. The Hall–Kier alpha value is -1.35. The van der Waals surface area contributed by atoms with Crippen LogP contribution in [0.5, 0.6) is 0 Å². The molecule has 0 aliphatic carbocycles. The maximum atomic E-state index is 10.9. The average molecular weight is 193 g/mol. The minimum atomic E-state index is -0.806. The second kappa shape index (κ2) is 4.77. The Labute approximate surface area is 83.6 Å². The number of hydrogen-bond donors (Lipinski definition) is 2. The average Bonchev–Trinajstić information content (AvgIpc) is 2.15. The quantitative estimate of drug-likeness (QED) is 0.761. The van der Waals surface area contributed by atoms with Gasteiger partial charge in [0.25, 0.3) is 0 Å². The van der Waals surface area contributed by atoms with Crippen LogP contribution in [-0.4, -0.2) is 17.6 Å². The molecule has 0 aromatic heterocycles. The highest BCUT2D eigenvalue weighted by molar-refractivity contribution is 5.76. The van der Waals surface area contributed by atoms with Gasteiger partial charge in [-0.25, -0.2) is 0 Å². The monoisotopic (exact) mass is 193 g/mol. The van der Waals surface area contributed by atoms with Crippen LogP contribution >= 0.6 is 0 Å². The van der Waals surface area contributed by atoms with Gasteiger partial charge in [0, 0.05) is 0 Å². The molecule has 3 heteroatoms. The highest BCUT2D eigenvalue weighted by Gasteiger charge is 2.18. The summed E-state index contributed by atoms with van der Waals surface area (Å²) in [6.07, 6.45) is 0.485. The van der Waals surface area contributed by atoms with Crippen LogP contribution < -0.4 is 5.73 Å². The maximum Gasteiger partial charge on any atom is 0.311 e. The molecule has 76 valence electrons. The van der Waals surface area contributed by atoms with Gasteiger partial charge in [0.1, 0.15) is 0 Å². The topological polar surface area (TPSA) is 63.3 Å². The van der Waals surface area contributed by atoms with E-state index in [1.54, 1.807) is 0 Å². The summed E-state index contributed by atoms with van der Waals surface area (Å²) in [5.74, 6) is -1.28. The number of hydrogen-bond acceptors (Lipinski definition) is 2. The number of benzene rings is 1. The van der Waals surface area contributed by atoms with Crippen LogP contribution in [0.1, 0.15) is 23.5 Å². The zero-order valence-corrected chi connectivity index (χ0v) is 8.23. The first kappa shape index (κ1) is 10.7. The van der Waals surface area contributed by atoms with Crippen LogP contribution in [0.3, 0.4) is 0 Å². The number of nitrogens with two attached hydrogens (primary N) is 1. The molecule has 1 atom stereocenters. The summed E-state index contributed by atoms with van der Waals surface area (Å²) in [6, 6.07) is 7.54. The van der Waals surface area contributed by atoms with Crippen molar-refractivity contribution in [2.45, 2.75) is 19.3 Å². The molecule has 0 aliphatic rings. The molecule has 0 heterocycles. The molecule has 0 fully saturated rings. The zero-order chi connectivity index (χ0) is 10.6. The Morgan fingerprint density at radius 1 is 1.43 bits per heavy atom. The molecule has 0 bridgehead atoms. The van der Waals surface area contributed by atoms with Crippen molar-refractivity contribution in [1.29, 1.82) is 0 Å². The van der Waals surface area contributed by atoms with E-state index in [0.717, 1.165) is 11.1 Å². The third-order valence-electron chi connectivity index (χ3n) is 2.23. The molecule has 0 aliphatic heterocycles. The van der Waals surface area contributed by atoms with Crippen LogP contribution in [0, 0.1) is 6.92 Å². The maximum absolute atomic E-state index is 10.9. The van der Waals surface area contributed by atoms with Gasteiger partial charge in [-0.2, -0.15) is 0 Å². The van der Waals surface area contributed by atoms with Crippen molar-refractivity contribution in [3.8, 4) is 0 Å². The molecule has 0 radical (unpaired) electrons. The molecule has 1 aromatic rings. The fourth-order valence-electron chi connectivity index (χ4n) is 1.40. The highest BCUT2D eigenvalue weighted by Crippen LogP contribution is 2.19. The summed E-state index contributed by atoms with van der Waals surface area (Å²) in [5.41, 5.74) is 7.33. The lowest BCUT2D eigenvalue weighted by molar-refractivity contribution is -0.138. The van der Waals surface area contributed by atoms with Crippen LogP contribution in [0.2, 0.25) is 0 Å². The molecular formula is C11H15NO2. The molecule has 0 amide bonds. The van der Waals surface area contributed by atoms with Gasteiger partial charge in [-0.1, -0.05) is 29.8 Å². The largest absolute Gasteiger partial charge is 0.481 e. The Morgan fingerprint density at radius 2 is 2.00 bits per heavy atom. The molecule has 0 spiro atoms. The molecule has 0 saturated carbocycles. The van der Waals surface area contributed by atoms with Crippen molar-refractivity contribution >= 4 is 5.97 Å². The minimum absolute atomic E-state index is 0.394. The summed E-state index contributed by atoms with van der Waals surface area (Å²) >= 11 is 0. The van der Waals surface area contributed by atoms with Crippen molar-refractivity contribution in [1.82, 2.24) is 0 Å². The van der Waals surface area contributed by atoms with Crippen molar-refractivity contribution < 1.29 is 9.90 Å². The normalized spacial score (nSPS) is 12.4. The second-order valence-corrected chi connectivity index (χ2v) is 3.38. The van der Waals surface area contributed by atoms with Gasteiger partial charge in [-0.3, -0.25) is 4.79 Å². The third-order valence-corrected chi connectivity index (χ3v) is 2.23. The second-order valence-electron chi connectivity index (χ2n) is 3.38. The van der Waals surface area contributed by atoms with E-state index in [4.69, 9.17) is 10.8 Å². The van der Waals surface area contributed by atoms with Gasteiger partial charge in [-0.15, -0.1) is 0 Å². The van der Waals surface area contributed by atoms with E-state index in [-0.39, 0.29) is 0 Å². The predicted molar refractivity (Wildman–Crippen MR) is 55.2 cm³/mol. The van der Waals surface area contributed by atoms with E-state index in [1.807, 2.05) is 31.2 Å². The number of carboxylic acids is 1. The summed E-state index contributed by atoms with van der Waals surface area (Å²) in [4.78, 5) is 10.9. The lowest BCUT2D eigenvalue weighted by atomic mass is 9.95. The van der Waals surface area contributed by atoms with E-state index < -0.39 is 11.9 Å². The number of aliphatic carboxylic acids is 1. The Morgan fingerprint density at radius 3 is 2.43 bits per heavy atom. The Kier molecular flexibility index (Phi) is 3.65. The number of carbonyl (C=O) groups is 1. The molecule has 3 nitrogen and oxygen atoms in total. The first-order valence-corrected chi connectivity index (χ1v) is 4.64. The van der Waals surface area contributed by atoms with E-state index >= 15 is 0 Å².